The summed E-state index contributed by atoms with van der Waals surface area (Å²) in [5, 5.41) is 11.2. The van der Waals surface area contributed by atoms with E-state index >= 15 is 0 Å². The van der Waals surface area contributed by atoms with E-state index in [9.17, 15) is 14.9 Å². The Hall–Kier alpha value is -2.73. The molecule has 0 saturated carbocycles. The smallest absolute Gasteiger partial charge is 0.273 e. The highest BCUT2D eigenvalue weighted by Crippen LogP contribution is 2.26. The van der Waals surface area contributed by atoms with Crippen LogP contribution >= 0.6 is 0 Å². The molecule has 0 N–H and O–H groups in total. The molecule has 0 spiro atoms. The van der Waals surface area contributed by atoms with E-state index in [2.05, 4.69) is 24.0 Å². The first-order valence-electron chi connectivity index (χ1n) is 9.83. The normalized spacial score (nSPS) is 15.4. The van der Waals surface area contributed by atoms with Crippen molar-refractivity contribution >= 4 is 17.3 Å². The van der Waals surface area contributed by atoms with Gasteiger partial charge >= 0.3 is 0 Å². The number of carbonyl (C=O) groups is 1. The molecule has 2 aromatic rings. The molecule has 0 radical (unpaired) electrons. The van der Waals surface area contributed by atoms with Gasteiger partial charge in [0.2, 0.25) is 5.91 Å². The van der Waals surface area contributed by atoms with Crippen molar-refractivity contribution in [3.63, 3.8) is 0 Å². The van der Waals surface area contributed by atoms with Gasteiger partial charge in [-0.2, -0.15) is 0 Å². The zero-order valence-corrected chi connectivity index (χ0v) is 16.5. The number of carbonyl (C=O) groups excluding carboxylic acids is 1. The third-order valence-corrected chi connectivity index (χ3v) is 5.47. The van der Waals surface area contributed by atoms with Crippen LogP contribution in [0.1, 0.15) is 37.8 Å². The van der Waals surface area contributed by atoms with Crippen LogP contribution in [0.15, 0.2) is 48.5 Å². The van der Waals surface area contributed by atoms with Crippen molar-refractivity contribution in [3.05, 3.63) is 69.8 Å². The van der Waals surface area contributed by atoms with Crippen molar-refractivity contribution < 1.29 is 9.72 Å². The van der Waals surface area contributed by atoms with Crippen LogP contribution in [0.25, 0.3) is 0 Å². The molecule has 0 unspecified atom stereocenters. The van der Waals surface area contributed by atoms with Crippen LogP contribution in [0, 0.1) is 10.1 Å². The highest BCUT2D eigenvalue weighted by atomic mass is 16.6. The summed E-state index contributed by atoms with van der Waals surface area (Å²) in [6.45, 7) is 5.92. The number of aryl methyl sites for hydroxylation is 1. The molecular formula is C22H27N3O3. The predicted octanol–water partition coefficient (Wildman–Crippen LogP) is 4.17. The number of nitrogens with zero attached hydrogens (tertiary/aromatic N) is 3. The van der Waals surface area contributed by atoms with Gasteiger partial charge in [-0.15, -0.1) is 0 Å². The van der Waals surface area contributed by atoms with E-state index in [4.69, 9.17) is 0 Å². The van der Waals surface area contributed by atoms with E-state index in [0.29, 0.717) is 6.54 Å². The molecule has 6 nitrogen and oxygen atoms in total. The number of anilines is 1. The predicted molar refractivity (Wildman–Crippen MR) is 110 cm³/mol. The maximum atomic E-state index is 12.3. The van der Waals surface area contributed by atoms with Gasteiger partial charge in [-0.3, -0.25) is 19.8 Å². The number of hydrogen-bond acceptors (Lipinski definition) is 4. The first-order chi connectivity index (χ1) is 13.5. The molecule has 1 saturated heterocycles. The number of piperidine rings is 1. The Morgan fingerprint density at radius 3 is 2.36 bits per heavy atom. The van der Waals surface area contributed by atoms with Crippen LogP contribution in [0.4, 0.5) is 11.4 Å². The molecule has 1 fully saturated rings. The van der Waals surface area contributed by atoms with Gasteiger partial charge in [-0.1, -0.05) is 37.3 Å². The molecule has 2 aromatic carbocycles. The van der Waals surface area contributed by atoms with E-state index in [0.717, 1.165) is 43.6 Å². The summed E-state index contributed by atoms with van der Waals surface area (Å²) in [6, 6.07) is 15.3. The summed E-state index contributed by atoms with van der Waals surface area (Å²) in [7, 11) is 0. The number of nitro benzene ring substituents is 1. The number of hydrogen-bond donors (Lipinski definition) is 0. The van der Waals surface area contributed by atoms with Crippen molar-refractivity contribution in [1.29, 1.82) is 0 Å². The SMILES string of the molecule is CCc1ccc(N(C(C)=O)C2CCN(Cc3ccccc3[N+](=O)[O-])CC2)cc1. The number of amides is 1. The van der Waals surface area contributed by atoms with E-state index in [-0.39, 0.29) is 22.6 Å². The van der Waals surface area contributed by atoms with Gasteiger partial charge in [0.15, 0.2) is 0 Å². The number of rotatable bonds is 6. The Morgan fingerprint density at radius 1 is 1.14 bits per heavy atom. The first kappa shape index (κ1) is 20.0. The molecule has 28 heavy (non-hydrogen) atoms. The third-order valence-electron chi connectivity index (χ3n) is 5.47. The number of likely N-dealkylation sites (tertiary alicyclic amines) is 1. The van der Waals surface area contributed by atoms with Crippen LogP contribution in [-0.4, -0.2) is 34.9 Å². The van der Waals surface area contributed by atoms with Crippen LogP contribution in [0.3, 0.4) is 0 Å². The Balaban J connectivity index is 1.66. The average molecular weight is 381 g/mol. The molecular weight excluding hydrogens is 354 g/mol. The third kappa shape index (κ3) is 4.57. The fourth-order valence-electron chi connectivity index (χ4n) is 3.94. The zero-order valence-electron chi connectivity index (χ0n) is 16.5. The lowest BCUT2D eigenvalue weighted by molar-refractivity contribution is -0.385. The Morgan fingerprint density at radius 2 is 1.79 bits per heavy atom. The molecule has 0 aromatic heterocycles. The molecule has 1 aliphatic heterocycles. The van der Waals surface area contributed by atoms with Gasteiger partial charge in [0.25, 0.3) is 5.69 Å². The summed E-state index contributed by atoms with van der Waals surface area (Å²) >= 11 is 0. The monoisotopic (exact) mass is 381 g/mol. The maximum Gasteiger partial charge on any atom is 0.273 e. The van der Waals surface area contributed by atoms with Crippen molar-refractivity contribution in [2.75, 3.05) is 18.0 Å². The second kappa shape index (κ2) is 8.97. The molecule has 1 aliphatic rings. The van der Waals surface area contributed by atoms with Gasteiger partial charge in [0, 0.05) is 49.9 Å². The van der Waals surface area contributed by atoms with Crippen molar-refractivity contribution in [2.24, 2.45) is 0 Å². The number of para-hydroxylation sites is 1. The summed E-state index contributed by atoms with van der Waals surface area (Å²) < 4.78 is 0. The summed E-state index contributed by atoms with van der Waals surface area (Å²) in [6.07, 6.45) is 2.69. The Kier molecular flexibility index (Phi) is 6.41. The van der Waals surface area contributed by atoms with Crippen molar-refractivity contribution in [3.8, 4) is 0 Å². The van der Waals surface area contributed by atoms with Crippen LogP contribution in [0.2, 0.25) is 0 Å². The van der Waals surface area contributed by atoms with E-state index < -0.39 is 0 Å². The summed E-state index contributed by atoms with van der Waals surface area (Å²) in [4.78, 5) is 27.4. The topological polar surface area (TPSA) is 66.7 Å². The fraction of sp³-hybridized carbons (Fsp3) is 0.409. The van der Waals surface area contributed by atoms with Gasteiger partial charge < -0.3 is 4.90 Å². The molecule has 0 atom stereocenters. The highest BCUT2D eigenvalue weighted by molar-refractivity contribution is 5.92. The molecule has 1 amide bonds. The minimum atomic E-state index is -0.320. The maximum absolute atomic E-state index is 12.3. The molecule has 6 heteroatoms. The standard InChI is InChI=1S/C22H27N3O3/c1-3-18-8-10-20(11-9-18)24(17(2)26)21-12-14-23(15-13-21)16-19-6-4-5-7-22(19)25(27)28/h4-11,21H,3,12-16H2,1-2H3. The lowest BCUT2D eigenvalue weighted by Gasteiger charge is -2.38. The van der Waals surface area contributed by atoms with Crippen molar-refractivity contribution in [2.45, 2.75) is 45.7 Å². The van der Waals surface area contributed by atoms with Gasteiger partial charge in [-0.25, -0.2) is 0 Å². The second-order valence-electron chi connectivity index (χ2n) is 7.30. The largest absolute Gasteiger partial charge is 0.310 e. The lowest BCUT2D eigenvalue weighted by Crippen LogP contribution is -2.46. The van der Waals surface area contributed by atoms with Crippen LogP contribution in [0.5, 0.6) is 0 Å². The van der Waals surface area contributed by atoms with Crippen molar-refractivity contribution in [1.82, 2.24) is 4.90 Å². The minimum absolute atomic E-state index is 0.0568. The van der Waals surface area contributed by atoms with Gasteiger partial charge in [-0.05, 0) is 37.0 Å². The first-order valence-corrected chi connectivity index (χ1v) is 9.83. The van der Waals surface area contributed by atoms with E-state index in [1.807, 2.05) is 29.2 Å². The second-order valence-corrected chi connectivity index (χ2v) is 7.30. The van der Waals surface area contributed by atoms with E-state index in [1.54, 1.807) is 19.1 Å². The van der Waals surface area contributed by atoms with Crippen LogP contribution in [-0.2, 0) is 17.8 Å². The molecule has 0 aliphatic carbocycles. The van der Waals surface area contributed by atoms with E-state index in [1.165, 1.54) is 5.56 Å². The number of nitro groups is 1. The Bertz CT molecular complexity index is 827. The molecule has 0 bridgehead atoms. The molecule has 1 heterocycles. The fourth-order valence-corrected chi connectivity index (χ4v) is 3.94. The van der Waals surface area contributed by atoms with Gasteiger partial charge in [0.05, 0.1) is 4.92 Å². The van der Waals surface area contributed by atoms with Gasteiger partial charge in [0.1, 0.15) is 0 Å². The quantitative estimate of drug-likeness (QED) is 0.556. The average Bonchev–Trinajstić information content (AvgIpc) is 2.70. The Labute approximate surface area is 165 Å². The zero-order chi connectivity index (χ0) is 20.1. The molecule has 148 valence electrons. The highest BCUT2D eigenvalue weighted by Gasteiger charge is 2.28. The lowest BCUT2D eigenvalue weighted by atomic mass is 10.0. The summed E-state index contributed by atoms with van der Waals surface area (Å²) in [5.41, 5.74) is 3.11. The summed E-state index contributed by atoms with van der Waals surface area (Å²) in [5.74, 6) is 0.0568. The number of benzene rings is 2. The van der Waals surface area contributed by atoms with Crippen LogP contribution < -0.4 is 4.90 Å². The molecule has 3 rings (SSSR count). The minimum Gasteiger partial charge on any atom is -0.310 e.